The summed E-state index contributed by atoms with van der Waals surface area (Å²) in [6.45, 7) is 7.22. The van der Waals surface area contributed by atoms with E-state index in [1.807, 2.05) is 26.0 Å². The predicted octanol–water partition coefficient (Wildman–Crippen LogP) is 2.55. The summed E-state index contributed by atoms with van der Waals surface area (Å²) in [5, 5.41) is 0. The van der Waals surface area contributed by atoms with Crippen LogP contribution in [-0.4, -0.2) is 31.0 Å². The number of rotatable bonds is 5. The number of amides is 1. The van der Waals surface area contributed by atoms with Gasteiger partial charge in [-0.1, -0.05) is 12.1 Å². The van der Waals surface area contributed by atoms with Crippen LogP contribution in [0.25, 0.3) is 0 Å². The van der Waals surface area contributed by atoms with Gasteiger partial charge in [0.2, 0.25) is 5.91 Å². The molecule has 0 heterocycles. The lowest BCUT2D eigenvalue weighted by molar-refractivity contribution is -0.130. The quantitative estimate of drug-likeness (QED) is 0.785. The van der Waals surface area contributed by atoms with Gasteiger partial charge in [-0.3, -0.25) is 4.79 Å². The molecule has 17 heavy (non-hydrogen) atoms. The lowest BCUT2D eigenvalue weighted by Crippen LogP contribution is -2.27. The molecule has 94 valence electrons. The molecule has 1 amide bonds. The molecule has 0 fully saturated rings. The molecular formula is C14H21NO2. The van der Waals surface area contributed by atoms with Crippen LogP contribution in [0.1, 0.15) is 24.5 Å². The van der Waals surface area contributed by atoms with Crippen LogP contribution in [0.5, 0.6) is 5.75 Å². The van der Waals surface area contributed by atoms with E-state index in [0.717, 1.165) is 17.9 Å². The summed E-state index contributed by atoms with van der Waals surface area (Å²) in [7, 11) is 1.81. The summed E-state index contributed by atoms with van der Waals surface area (Å²) >= 11 is 0. The standard InChI is InChI=1S/C14H21NO2/c1-5-15(4)14(16)9-10-17-13-8-6-7-11(2)12(13)3/h6-8H,5,9-10H2,1-4H3. The molecule has 0 saturated carbocycles. The third kappa shape index (κ3) is 3.77. The van der Waals surface area contributed by atoms with Crippen molar-refractivity contribution in [3.8, 4) is 5.75 Å². The van der Waals surface area contributed by atoms with Crippen LogP contribution >= 0.6 is 0 Å². The van der Waals surface area contributed by atoms with Crippen LogP contribution in [0.4, 0.5) is 0 Å². The van der Waals surface area contributed by atoms with E-state index in [2.05, 4.69) is 13.0 Å². The monoisotopic (exact) mass is 235 g/mol. The zero-order valence-corrected chi connectivity index (χ0v) is 11.1. The highest BCUT2D eigenvalue weighted by Crippen LogP contribution is 2.20. The van der Waals surface area contributed by atoms with E-state index in [1.54, 1.807) is 11.9 Å². The zero-order chi connectivity index (χ0) is 12.8. The van der Waals surface area contributed by atoms with Crippen LogP contribution in [0.2, 0.25) is 0 Å². The van der Waals surface area contributed by atoms with E-state index in [9.17, 15) is 4.79 Å². The van der Waals surface area contributed by atoms with Crippen LogP contribution in [0, 0.1) is 13.8 Å². The lowest BCUT2D eigenvalue weighted by atomic mass is 10.1. The van der Waals surface area contributed by atoms with Crippen molar-refractivity contribution < 1.29 is 9.53 Å². The van der Waals surface area contributed by atoms with Gasteiger partial charge in [-0.25, -0.2) is 0 Å². The molecule has 0 bridgehead atoms. The highest BCUT2D eigenvalue weighted by atomic mass is 16.5. The molecule has 1 aromatic rings. The molecule has 0 atom stereocenters. The first kappa shape index (κ1) is 13.6. The Kier molecular flexibility index (Phi) is 5.01. The van der Waals surface area contributed by atoms with Gasteiger partial charge in [0.1, 0.15) is 5.75 Å². The van der Waals surface area contributed by atoms with Crippen LogP contribution in [-0.2, 0) is 4.79 Å². The van der Waals surface area contributed by atoms with Gasteiger partial charge in [-0.2, -0.15) is 0 Å². The average molecular weight is 235 g/mol. The molecule has 3 heteroatoms. The molecule has 0 N–H and O–H groups in total. The van der Waals surface area contributed by atoms with Crippen LogP contribution < -0.4 is 4.74 Å². The first-order chi connectivity index (χ1) is 8.06. The fourth-order valence-electron chi connectivity index (χ4n) is 1.50. The highest BCUT2D eigenvalue weighted by Gasteiger charge is 2.07. The fraction of sp³-hybridized carbons (Fsp3) is 0.500. The largest absolute Gasteiger partial charge is 0.493 e. The number of ether oxygens (including phenoxy) is 1. The van der Waals surface area contributed by atoms with Crippen molar-refractivity contribution in [3.05, 3.63) is 29.3 Å². The summed E-state index contributed by atoms with van der Waals surface area (Å²) in [4.78, 5) is 13.3. The molecule has 1 rings (SSSR count). The Morgan fingerprint density at radius 1 is 1.35 bits per heavy atom. The molecule has 3 nitrogen and oxygen atoms in total. The molecule has 0 aliphatic rings. The van der Waals surface area contributed by atoms with Crippen molar-refractivity contribution >= 4 is 5.91 Å². The van der Waals surface area contributed by atoms with E-state index in [4.69, 9.17) is 4.74 Å². The van der Waals surface area contributed by atoms with Gasteiger partial charge in [0.25, 0.3) is 0 Å². The van der Waals surface area contributed by atoms with Gasteiger partial charge >= 0.3 is 0 Å². The number of carbonyl (C=O) groups excluding carboxylic acids is 1. The minimum Gasteiger partial charge on any atom is -0.493 e. The van der Waals surface area contributed by atoms with Crippen molar-refractivity contribution in [2.24, 2.45) is 0 Å². The Morgan fingerprint density at radius 2 is 2.06 bits per heavy atom. The molecule has 0 aliphatic carbocycles. The average Bonchev–Trinajstić information content (AvgIpc) is 2.33. The SMILES string of the molecule is CCN(C)C(=O)CCOc1cccc(C)c1C. The maximum absolute atomic E-state index is 11.6. The molecule has 1 aromatic carbocycles. The van der Waals surface area contributed by atoms with Gasteiger partial charge in [0.05, 0.1) is 13.0 Å². The number of nitrogens with zero attached hydrogens (tertiary/aromatic N) is 1. The highest BCUT2D eigenvalue weighted by molar-refractivity contribution is 5.75. The van der Waals surface area contributed by atoms with Crippen molar-refractivity contribution in [2.45, 2.75) is 27.2 Å². The molecule has 0 radical (unpaired) electrons. The molecule has 0 spiro atoms. The maximum Gasteiger partial charge on any atom is 0.225 e. The third-order valence-corrected chi connectivity index (χ3v) is 3.03. The second kappa shape index (κ2) is 6.28. The summed E-state index contributed by atoms with van der Waals surface area (Å²) in [6.07, 6.45) is 0.428. The third-order valence-electron chi connectivity index (χ3n) is 3.03. The number of aryl methyl sites for hydroxylation is 1. The Morgan fingerprint density at radius 3 is 2.71 bits per heavy atom. The number of hydrogen-bond acceptors (Lipinski definition) is 2. The summed E-state index contributed by atoms with van der Waals surface area (Å²) in [6, 6.07) is 5.96. The minimum atomic E-state index is 0.123. The van der Waals surface area contributed by atoms with E-state index >= 15 is 0 Å². The van der Waals surface area contributed by atoms with Crippen molar-refractivity contribution in [1.82, 2.24) is 4.90 Å². The van der Waals surface area contributed by atoms with Crippen molar-refractivity contribution in [1.29, 1.82) is 0 Å². The number of carbonyl (C=O) groups is 1. The number of benzene rings is 1. The summed E-state index contributed by atoms with van der Waals surface area (Å²) in [5.74, 6) is 0.995. The predicted molar refractivity (Wildman–Crippen MR) is 69.3 cm³/mol. The van der Waals surface area contributed by atoms with Crippen molar-refractivity contribution in [3.63, 3.8) is 0 Å². The van der Waals surface area contributed by atoms with Crippen LogP contribution in [0.15, 0.2) is 18.2 Å². The molecule has 0 aromatic heterocycles. The lowest BCUT2D eigenvalue weighted by Gasteiger charge is -2.15. The summed E-state index contributed by atoms with van der Waals surface area (Å²) in [5.41, 5.74) is 2.35. The summed E-state index contributed by atoms with van der Waals surface area (Å²) < 4.78 is 5.64. The van der Waals surface area contributed by atoms with E-state index in [1.165, 1.54) is 5.56 Å². The first-order valence-corrected chi connectivity index (χ1v) is 5.99. The normalized spacial score (nSPS) is 10.1. The van der Waals surface area contributed by atoms with Crippen LogP contribution in [0.3, 0.4) is 0 Å². The Labute approximate surface area is 103 Å². The fourth-order valence-corrected chi connectivity index (χ4v) is 1.50. The van der Waals surface area contributed by atoms with Gasteiger partial charge in [-0.05, 0) is 38.0 Å². The Bertz CT molecular complexity index is 388. The van der Waals surface area contributed by atoms with Gasteiger partial charge in [0, 0.05) is 13.6 Å². The molecule has 0 aliphatic heterocycles. The molecule has 0 unspecified atom stereocenters. The van der Waals surface area contributed by atoms with Gasteiger partial charge in [0.15, 0.2) is 0 Å². The number of hydrogen-bond donors (Lipinski definition) is 0. The minimum absolute atomic E-state index is 0.123. The Hall–Kier alpha value is -1.51. The zero-order valence-electron chi connectivity index (χ0n) is 11.1. The topological polar surface area (TPSA) is 29.5 Å². The molecule has 0 saturated heterocycles. The smallest absolute Gasteiger partial charge is 0.225 e. The second-order valence-corrected chi connectivity index (χ2v) is 4.20. The molecular weight excluding hydrogens is 214 g/mol. The van der Waals surface area contributed by atoms with Gasteiger partial charge < -0.3 is 9.64 Å². The first-order valence-electron chi connectivity index (χ1n) is 5.99. The Balaban J connectivity index is 2.46. The van der Waals surface area contributed by atoms with E-state index < -0.39 is 0 Å². The second-order valence-electron chi connectivity index (χ2n) is 4.20. The van der Waals surface area contributed by atoms with E-state index in [-0.39, 0.29) is 5.91 Å². The maximum atomic E-state index is 11.6. The van der Waals surface area contributed by atoms with E-state index in [0.29, 0.717) is 13.0 Å². The van der Waals surface area contributed by atoms with Crippen molar-refractivity contribution in [2.75, 3.05) is 20.2 Å². The van der Waals surface area contributed by atoms with Gasteiger partial charge in [-0.15, -0.1) is 0 Å².